The van der Waals surface area contributed by atoms with E-state index in [-0.39, 0.29) is 22.6 Å². The summed E-state index contributed by atoms with van der Waals surface area (Å²) in [5.74, 6) is 1.06. The number of rotatable bonds is 9. The van der Waals surface area contributed by atoms with E-state index in [4.69, 9.17) is 4.74 Å². The van der Waals surface area contributed by atoms with E-state index in [0.29, 0.717) is 41.0 Å². The number of aromatic nitrogens is 5. The van der Waals surface area contributed by atoms with Crippen LogP contribution in [0.15, 0.2) is 60.8 Å². The Morgan fingerprint density at radius 2 is 1.76 bits per heavy atom. The highest BCUT2D eigenvalue weighted by Gasteiger charge is 2.40. The van der Waals surface area contributed by atoms with E-state index in [0.717, 1.165) is 25.1 Å². The summed E-state index contributed by atoms with van der Waals surface area (Å²) >= 11 is 0. The molecule has 1 saturated carbocycles. The van der Waals surface area contributed by atoms with Crippen molar-refractivity contribution in [3.8, 4) is 5.75 Å². The van der Waals surface area contributed by atoms with Crippen molar-refractivity contribution in [1.82, 2.24) is 40.1 Å². The lowest BCUT2D eigenvalue weighted by atomic mass is 9.75. The number of fused-ring (bicyclic) bond motifs is 2. The fourth-order valence-electron chi connectivity index (χ4n) is 6.52. The molecule has 2 aliphatic carbocycles. The third kappa shape index (κ3) is 7.07. The lowest BCUT2D eigenvalue weighted by Crippen LogP contribution is -2.57. The molecular formula is C38H47N9O4. The molecular weight excluding hydrogens is 646 g/mol. The first-order valence-corrected chi connectivity index (χ1v) is 17.2. The monoisotopic (exact) mass is 693 g/mol. The van der Waals surface area contributed by atoms with E-state index in [9.17, 15) is 14.4 Å². The van der Waals surface area contributed by atoms with Gasteiger partial charge in [-0.1, -0.05) is 65.8 Å². The summed E-state index contributed by atoms with van der Waals surface area (Å²) in [4.78, 5) is 51.0. The van der Waals surface area contributed by atoms with Gasteiger partial charge in [-0.05, 0) is 63.2 Å². The Bertz CT molecular complexity index is 2000. The van der Waals surface area contributed by atoms with Crippen LogP contribution in [0.4, 0.5) is 10.6 Å². The number of amides is 3. The molecule has 268 valence electrons. The van der Waals surface area contributed by atoms with Crippen molar-refractivity contribution < 1.29 is 19.1 Å². The molecule has 0 unspecified atom stereocenters. The van der Waals surface area contributed by atoms with Crippen molar-refractivity contribution in [3.05, 3.63) is 89.3 Å². The number of ether oxygens (including phenoxy) is 1. The van der Waals surface area contributed by atoms with Crippen LogP contribution in [0.1, 0.15) is 100 Å². The normalized spacial score (nSPS) is 19.6. The molecule has 3 heterocycles. The van der Waals surface area contributed by atoms with E-state index >= 15 is 0 Å². The van der Waals surface area contributed by atoms with Gasteiger partial charge in [0.25, 0.3) is 5.91 Å². The van der Waals surface area contributed by atoms with Crippen LogP contribution in [0.3, 0.4) is 0 Å². The van der Waals surface area contributed by atoms with Crippen LogP contribution >= 0.6 is 0 Å². The number of carbonyl (C=O) groups excluding carboxylic acids is 3. The van der Waals surface area contributed by atoms with Crippen molar-refractivity contribution in [1.29, 1.82) is 0 Å². The van der Waals surface area contributed by atoms with Crippen LogP contribution < -0.4 is 20.7 Å². The number of hydrogen-bond acceptors (Lipinski definition) is 9. The van der Waals surface area contributed by atoms with Crippen LogP contribution in [0.2, 0.25) is 0 Å². The zero-order chi connectivity index (χ0) is 36.8. The van der Waals surface area contributed by atoms with Crippen LogP contribution in [0.5, 0.6) is 5.75 Å². The van der Waals surface area contributed by atoms with Gasteiger partial charge in [-0.3, -0.25) is 19.3 Å². The van der Waals surface area contributed by atoms with E-state index in [1.54, 1.807) is 30.4 Å². The second-order valence-corrected chi connectivity index (χ2v) is 15.8. The van der Waals surface area contributed by atoms with Gasteiger partial charge in [0.1, 0.15) is 29.0 Å². The van der Waals surface area contributed by atoms with E-state index in [1.165, 1.54) is 0 Å². The zero-order valence-electron chi connectivity index (χ0n) is 30.6. The standard InChI is InChI=1S/C38H47N9O4/c1-35(2,3)28-20-29(41-31(40-28)32(49)39-22-37(46(7)8)17-11-18-37)42-34(50)43-38(23-48)19-16-27(25-12-9-10-13-26(25)38)51-24-14-15-30-44-45-33(36(4,5)6)47(30)21-24/h9-10,12-16,19-21,23,27H,11,17-18,22H2,1-8H3,(H,39,49)(H2,40,41,42,43,50)/t27-,38-/m1/s1. The number of nitrogens with one attached hydrogen (secondary N) is 3. The highest BCUT2D eigenvalue weighted by atomic mass is 16.5. The first-order valence-electron chi connectivity index (χ1n) is 17.2. The van der Waals surface area contributed by atoms with Crippen LogP contribution in [0, 0.1) is 0 Å². The summed E-state index contributed by atoms with van der Waals surface area (Å²) in [5.41, 5.74) is 0.302. The minimum atomic E-state index is -1.50. The molecule has 1 fully saturated rings. The summed E-state index contributed by atoms with van der Waals surface area (Å²) in [6, 6.07) is 12.0. The highest BCUT2D eigenvalue weighted by molar-refractivity contribution is 5.94. The zero-order valence-corrected chi connectivity index (χ0v) is 30.6. The number of benzene rings is 1. The Morgan fingerprint density at radius 3 is 2.41 bits per heavy atom. The Hall–Kier alpha value is -5.17. The number of hydrogen-bond donors (Lipinski definition) is 3. The van der Waals surface area contributed by atoms with Crippen LogP contribution in [-0.4, -0.2) is 73.9 Å². The largest absolute Gasteiger partial charge is 0.480 e. The van der Waals surface area contributed by atoms with Gasteiger partial charge in [-0.2, -0.15) is 0 Å². The molecule has 2 aliphatic rings. The van der Waals surface area contributed by atoms with Crippen molar-refractivity contribution in [2.75, 3.05) is 26.0 Å². The number of pyridine rings is 1. The van der Waals surface area contributed by atoms with E-state index < -0.39 is 29.0 Å². The van der Waals surface area contributed by atoms with Gasteiger partial charge >= 0.3 is 6.03 Å². The highest BCUT2D eigenvalue weighted by Crippen LogP contribution is 2.38. The van der Waals surface area contributed by atoms with Gasteiger partial charge in [-0.25, -0.2) is 14.8 Å². The van der Waals surface area contributed by atoms with E-state index in [2.05, 4.69) is 61.8 Å². The fourth-order valence-corrected chi connectivity index (χ4v) is 6.52. The first-order chi connectivity index (χ1) is 24.0. The summed E-state index contributed by atoms with van der Waals surface area (Å²) in [6.07, 6.45) is 8.49. The minimum Gasteiger partial charge on any atom is -0.480 e. The molecule has 0 radical (unpaired) electrons. The molecule has 13 heteroatoms. The molecule has 0 saturated heterocycles. The van der Waals surface area contributed by atoms with Gasteiger partial charge in [0.05, 0.1) is 11.9 Å². The third-order valence-electron chi connectivity index (χ3n) is 9.81. The van der Waals surface area contributed by atoms with Crippen molar-refractivity contribution in [2.24, 2.45) is 0 Å². The Kier molecular flexibility index (Phi) is 9.21. The van der Waals surface area contributed by atoms with Crippen molar-refractivity contribution >= 4 is 29.7 Å². The number of likely N-dealkylation sites (N-methyl/N-ethyl adjacent to an activating group) is 1. The molecule has 1 aromatic carbocycles. The molecule has 4 aromatic rings. The smallest absolute Gasteiger partial charge is 0.321 e. The average molecular weight is 694 g/mol. The lowest BCUT2D eigenvalue weighted by Gasteiger charge is -2.47. The predicted molar refractivity (Wildman–Crippen MR) is 194 cm³/mol. The molecule has 0 spiro atoms. The topological polar surface area (TPSA) is 156 Å². The quantitative estimate of drug-likeness (QED) is 0.158. The minimum absolute atomic E-state index is 0.0433. The number of carbonyl (C=O) groups is 3. The maximum Gasteiger partial charge on any atom is 0.321 e. The molecule has 6 rings (SSSR count). The maximum atomic E-state index is 13.6. The van der Waals surface area contributed by atoms with Gasteiger partial charge in [0.15, 0.2) is 11.9 Å². The van der Waals surface area contributed by atoms with Gasteiger partial charge in [0, 0.05) is 34.5 Å². The fraction of sp³-hybridized carbons (Fsp3) is 0.447. The molecule has 0 aliphatic heterocycles. The molecule has 13 nitrogen and oxygen atoms in total. The average Bonchev–Trinajstić information content (AvgIpc) is 3.49. The Morgan fingerprint density at radius 1 is 1.02 bits per heavy atom. The Balaban J connectivity index is 1.23. The molecule has 3 aromatic heterocycles. The van der Waals surface area contributed by atoms with Gasteiger partial charge < -0.3 is 20.3 Å². The third-order valence-corrected chi connectivity index (χ3v) is 9.81. The molecule has 51 heavy (non-hydrogen) atoms. The Labute approximate surface area is 298 Å². The number of urea groups is 1. The van der Waals surface area contributed by atoms with Crippen molar-refractivity contribution in [2.45, 2.75) is 88.8 Å². The van der Waals surface area contributed by atoms with Crippen LogP contribution in [0.25, 0.3) is 5.65 Å². The number of nitrogens with zero attached hydrogens (tertiary/aromatic N) is 6. The summed E-state index contributed by atoms with van der Waals surface area (Å²) in [6.45, 7) is 12.6. The maximum absolute atomic E-state index is 13.6. The first kappa shape index (κ1) is 35.6. The number of anilines is 1. The summed E-state index contributed by atoms with van der Waals surface area (Å²) < 4.78 is 8.36. The van der Waals surface area contributed by atoms with Gasteiger partial charge in [0.2, 0.25) is 5.82 Å². The molecule has 3 N–H and O–H groups in total. The molecule has 2 atom stereocenters. The summed E-state index contributed by atoms with van der Waals surface area (Å²) in [7, 11) is 4.04. The van der Waals surface area contributed by atoms with Crippen molar-refractivity contribution in [3.63, 3.8) is 0 Å². The second-order valence-electron chi connectivity index (χ2n) is 15.8. The molecule has 0 bridgehead atoms. The predicted octanol–water partition coefficient (Wildman–Crippen LogP) is 5.23. The van der Waals surface area contributed by atoms with Gasteiger partial charge in [-0.15, -0.1) is 10.2 Å². The van der Waals surface area contributed by atoms with E-state index in [1.807, 2.05) is 69.7 Å². The lowest BCUT2D eigenvalue weighted by molar-refractivity contribution is -0.111. The molecule has 3 amide bonds. The van der Waals surface area contributed by atoms with Crippen LogP contribution in [-0.2, 0) is 21.2 Å². The number of aldehydes is 1. The second kappa shape index (κ2) is 13.2. The summed E-state index contributed by atoms with van der Waals surface area (Å²) in [5, 5.41) is 17.3. The SMILES string of the molecule is CN(C)C1(CNC(=O)c2nc(NC(=O)N[C@@]3(C=O)C=C[C@@H](Oc4ccc5nnc(C(C)(C)C)n5c4)c4ccccc43)cc(C(C)(C)C)n2)CCC1.